The monoisotopic (exact) mass is 250 g/mol. The molecule has 4 nitrogen and oxygen atoms in total. The summed E-state index contributed by atoms with van der Waals surface area (Å²) in [4.78, 5) is 11.4. The van der Waals surface area contributed by atoms with Crippen LogP contribution in [0, 0.1) is 0 Å². The van der Waals surface area contributed by atoms with E-state index >= 15 is 0 Å². The number of hydrogen-bond donors (Lipinski definition) is 2. The predicted molar refractivity (Wildman–Crippen MR) is 71.7 cm³/mol. The highest BCUT2D eigenvalue weighted by Gasteiger charge is 2.14. The summed E-state index contributed by atoms with van der Waals surface area (Å²) in [5, 5.41) is 0. The quantitative estimate of drug-likeness (QED) is 0.488. The highest BCUT2D eigenvalue weighted by molar-refractivity contribution is 5.82. The molecular weight excluding hydrogens is 228 g/mol. The average Bonchev–Trinajstić information content (AvgIpc) is 2.34. The van der Waals surface area contributed by atoms with Gasteiger partial charge in [-0.15, -0.1) is 0 Å². The number of ether oxygens (including phenoxy) is 1. The highest BCUT2D eigenvalue weighted by atomic mass is 16.5. The molecule has 0 aliphatic heterocycles. The van der Waals surface area contributed by atoms with E-state index in [0.717, 1.165) is 11.1 Å². The summed E-state index contributed by atoms with van der Waals surface area (Å²) in [5.74, 6) is 4.69. The Kier molecular flexibility index (Phi) is 4.87. The van der Waals surface area contributed by atoms with Crippen LogP contribution < -0.4 is 11.3 Å². The number of carbonyl (C=O) groups excluding carboxylic acids is 1. The van der Waals surface area contributed by atoms with E-state index in [1.807, 2.05) is 52.0 Å². The second-order valence-electron chi connectivity index (χ2n) is 5.37. The van der Waals surface area contributed by atoms with Crippen molar-refractivity contribution in [2.24, 2.45) is 5.84 Å². The van der Waals surface area contributed by atoms with Crippen LogP contribution in [-0.2, 0) is 16.1 Å². The number of nitrogens with one attached hydrogen (secondary N) is 1. The summed E-state index contributed by atoms with van der Waals surface area (Å²) in [5.41, 5.74) is 4.05. The van der Waals surface area contributed by atoms with Gasteiger partial charge in [-0.25, -0.2) is 5.84 Å². The Balaban J connectivity index is 2.65. The van der Waals surface area contributed by atoms with Gasteiger partial charge in [-0.2, -0.15) is 0 Å². The standard InChI is InChI=1S/C14H22N2O2/c1-10(13(17)16-15)12-7-5-11(6-8-12)9-18-14(2,3)4/h5-8,10H,9,15H2,1-4H3,(H,16,17). The molecule has 1 aromatic rings. The van der Waals surface area contributed by atoms with Gasteiger partial charge in [0.15, 0.2) is 0 Å². The molecule has 0 aliphatic rings. The summed E-state index contributed by atoms with van der Waals surface area (Å²) >= 11 is 0. The summed E-state index contributed by atoms with van der Waals surface area (Å²) in [6, 6.07) is 7.81. The molecule has 0 heterocycles. The van der Waals surface area contributed by atoms with Crippen molar-refractivity contribution in [2.45, 2.75) is 45.8 Å². The van der Waals surface area contributed by atoms with Gasteiger partial charge in [-0.3, -0.25) is 10.2 Å². The van der Waals surface area contributed by atoms with E-state index in [1.54, 1.807) is 0 Å². The highest BCUT2D eigenvalue weighted by Crippen LogP contribution is 2.17. The topological polar surface area (TPSA) is 64.4 Å². The van der Waals surface area contributed by atoms with Crippen LogP contribution in [0.4, 0.5) is 0 Å². The van der Waals surface area contributed by atoms with Crippen LogP contribution in [0.25, 0.3) is 0 Å². The number of hydrogen-bond acceptors (Lipinski definition) is 3. The van der Waals surface area contributed by atoms with Crippen LogP contribution >= 0.6 is 0 Å². The molecule has 0 bridgehead atoms. The number of benzene rings is 1. The largest absolute Gasteiger partial charge is 0.371 e. The molecule has 100 valence electrons. The Morgan fingerprint density at radius 1 is 1.33 bits per heavy atom. The second-order valence-corrected chi connectivity index (χ2v) is 5.37. The van der Waals surface area contributed by atoms with E-state index in [0.29, 0.717) is 6.61 Å². The molecule has 0 fully saturated rings. The van der Waals surface area contributed by atoms with Crippen LogP contribution in [0.5, 0.6) is 0 Å². The number of carbonyl (C=O) groups is 1. The molecule has 0 aliphatic carbocycles. The first-order chi connectivity index (χ1) is 8.33. The van der Waals surface area contributed by atoms with E-state index in [4.69, 9.17) is 10.6 Å². The third kappa shape index (κ3) is 4.47. The lowest BCUT2D eigenvalue weighted by molar-refractivity contribution is -0.122. The molecule has 4 heteroatoms. The Morgan fingerprint density at radius 3 is 2.33 bits per heavy atom. The van der Waals surface area contributed by atoms with Crippen molar-refractivity contribution in [3.63, 3.8) is 0 Å². The molecule has 18 heavy (non-hydrogen) atoms. The first kappa shape index (κ1) is 14.7. The maximum atomic E-state index is 11.4. The van der Waals surface area contributed by atoms with Gasteiger partial charge in [0.25, 0.3) is 0 Å². The first-order valence-electron chi connectivity index (χ1n) is 6.07. The Bertz CT molecular complexity index is 393. The van der Waals surface area contributed by atoms with Crippen LogP contribution in [-0.4, -0.2) is 11.5 Å². The van der Waals surface area contributed by atoms with Crippen molar-refractivity contribution in [1.82, 2.24) is 5.43 Å². The molecule has 1 atom stereocenters. The second kappa shape index (κ2) is 5.98. The Labute approximate surface area is 108 Å². The lowest BCUT2D eigenvalue weighted by Gasteiger charge is -2.19. The third-order valence-electron chi connectivity index (χ3n) is 2.69. The van der Waals surface area contributed by atoms with Crippen molar-refractivity contribution in [3.05, 3.63) is 35.4 Å². The molecule has 0 saturated heterocycles. The van der Waals surface area contributed by atoms with E-state index < -0.39 is 0 Å². The van der Waals surface area contributed by atoms with Gasteiger partial charge in [-0.05, 0) is 38.8 Å². The number of nitrogens with two attached hydrogens (primary N) is 1. The van der Waals surface area contributed by atoms with Crippen molar-refractivity contribution in [2.75, 3.05) is 0 Å². The maximum Gasteiger partial charge on any atom is 0.241 e. The van der Waals surface area contributed by atoms with E-state index in [9.17, 15) is 4.79 Å². The molecule has 1 rings (SSSR count). The molecule has 0 spiro atoms. The number of rotatable bonds is 4. The molecule has 0 aromatic heterocycles. The normalized spacial score (nSPS) is 13.2. The fraction of sp³-hybridized carbons (Fsp3) is 0.500. The lowest BCUT2D eigenvalue weighted by Crippen LogP contribution is -2.33. The summed E-state index contributed by atoms with van der Waals surface area (Å²) in [7, 11) is 0. The van der Waals surface area contributed by atoms with Crippen LogP contribution in [0.1, 0.15) is 44.7 Å². The average molecular weight is 250 g/mol. The van der Waals surface area contributed by atoms with E-state index in [-0.39, 0.29) is 17.4 Å². The minimum Gasteiger partial charge on any atom is -0.371 e. The molecule has 3 N–H and O–H groups in total. The predicted octanol–water partition coefficient (Wildman–Crippen LogP) is 2.10. The minimum atomic E-state index is -0.243. The molecule has 0 radical (unpaired) electrons. The summed E-state index contributed by atoms with van der Waals surface area (Å²) in [6.45, 7) is 8.46. The zero-order valence-electron chi connectivity index (χ0n) is 11.5. The zero-order valence-corrected chi connectivity index (χ0v) is 11.5. The Morgan fingerprint density at radius 2 is 1.89 bits per heavy atom. The maximum absolute atomic E-state index is 11.4. The lowest BCUT2D eigenvalue weighted by atomic mass is 9.99. The van der Waals surface area contributed by atoms with Crippen LogP contribution in [0.15, 0.2) is 24.3 Å². The van der Waals surface area contributed by atoms with Gasteiger partial charge < -0.3 is 4.74 Å². The summed E-state index contributed by atoms with van der Waals surface area (Å²) in [6.07, 6.45) is 0. The SMILES string of the molecule is CC(C(=O)NN)c1ccc(COC(C)(C)C)cc1. The van der Waals surface area contributed by atoms with Gasteiger partial charge in [0, 0.05) is 0 Å². The molecule has 1 aromatic carbocycles. The number of amides is 1. The van der Waals surface area contributed by atoms with Crippen molar-refractivity contribution < 1.29 is 9.53 Å². The smallest absolute Gasteiger partial charge is 0.241 e. The zero-order chi connectivity index (χ0) is 13.8. The molecular formula is C14H22N2O2. The van der Waals surface area contributed by atoms with E-state index in [1.165, 1.54) is 0 Å². The van der Waals surface area contributed by atoms with Crippen molar-refractivity contribution in [3.8, 4) is 0 Å². The molecule has 1 unspecified atom stereocenters. The van der Waals surface area contributed by atoms with Gasteiger partial charge in [-0.1, -0.05) is 24.3 Å². The summed E-state index contributed by atoms with van der Waals surface area (Å²) < 4.78 is 5.69. The van der Waals surface area contributed by atoms with Crippen LogP contribution in [0.3, 0.4) is 0 Å². The molecule has 0 saturated carbocycles. The Hall–Kier alpha value is -1.39. The molecule has 1 amide bonds. The van der Waals surface area contributed by atoms with Gasteiger partial charge >= 0.3 is 0 Å². The fourth-order valence-electron chi connectivity index (χ4n) is 1.48. The third-order valence-corrected chi connectivity index (χ3v) is 2.69. The van der Waals surface area contributed by atoms with E-state index in [2.05, 4.69) is 5.43 Å². The fourth-order valence-corrected chi connectivity index (χ4v) is 1.48. The van der Waals surface area contributed by atoms with Crippen LogP contribution in [0.2, 0.25) is 0 Å². The first-order valence-corrected chi connectivity index (χ1v) is 6.07. The minimum absolute atomic E-state index is 0.147. The van der Waals surface area contributed by atoms with Gasteiger partial charge in [0.2, 0.25) is 5.91 Å². The van der Waals surface area contributed by atoms with Crippen molar-refractivity contribution in [1.29, 1.82) is 0 Å². The van der Waals surface area contributed by atoms with Gasteiger partial charge in [0.05, 0.1) is 18.1 Å². The van der Waals surface area contributed by atoms with Gasteiger partial charge in [0.1, 0.15) is 0 Å². The van der Waals surface area contributed by atoms with Crippen molar-refractivity contribution >= 4 is 5.91 Å². The number of hydrazine groups is 1.